The number of nitrogens with one attached hydrogen (secondary N) is 1. The van der Waals surface area contributed by atoms with E-state index in [-0.39, 0.29) is 23.3 Å². The van der Waals surface area contributed by atoms with Crippen LogP contribution in [-0.4, -0.2) is 44.0 Å². The Morgan fingerprint density at radius 2 is 1.76 bits per heavy atom. The van der Waals surface area contributed by atoms with E-state index in [1.165, 1.54) is 47.0 Å². The van der Waals surface area contributed by atoms with Crippen molar-refractivity contribution in [3.05, 3.63) is 89.7 Å². The van der Waals surface area contributed by atoms with Gasteiger partial charge in [0, 0.05) is 5.56 Å². The largest absolute Gasteiger partial charge is 0.573 e. The van der Waals surface area contributed by atoms with Crippen LogP contribution in [0.1, 0.15) is 57.2 Å². The third-order valence-electron chi connectivity index (χ3n) is 7.44. The molecule has 9 nitrogen and oxygen atoms in total. The predicted octanol–water partition coefficient (Wildman–Crippen LogP) is 7.60. The van der Waals surface area contributed by atoms with E-state index in [0.29, 0.717) is 22.2 Å². The lowest BCUT2D eigenvalue weighted by Crippen LogP contribution is -2.40. The molecule has 0 spiro atoms. The van der Waals surface area contributed by atoms with E-state index >= 15 is 0 Å². The molecule has 46 heavy (non-hydrogen) atoms. The van der Waals surface area contributed by atoms with Crippen LogP contribution in [0.4, 0.5) is 23.7 Å². The summed E-state index contributed by atoms with van der Waals surface area (Å²) in [4.78, 5) is 36.4. The van der Waals surface area contributed by atoms with Gasteiger partial charge >= 0.3 is 12.4 Å². The van der Waals surface area contributed by atoms with Gasteiger partial charge in [-0.2, -0.15) is 4.99 Å². The Morgan fingerprint density at radius 3 is 2.39 bits per heavy atom. The minimum absolute atomic E-state index is 0.120. The van der Waals surface area contributed by atoms with E-state index in [2.05, 4.69) is 52.0 Å². The zero-order valence-corrected chi connectivity index (χ0v) is 26.7. The second kappa shape index (κ2) is 13.0. The average Bonchev–Trinajstić information content (AvgIpc) is 3.63. The Morgan fingerprint density at radius 1 is 1.07 bits per heavy atom. The molecule has 4 aromatic rings. The highest BCUT2D eigenvalue weighted by Crippen LogP contribution is 2.35. The lowest BCUT2D eigenvalue weighted by atomic mass is 9.93. The van der Waals surface area contributed by atoms with Crippen molar-refractivity contribution < 1.29 is 27.5 Å². The number of benzene rings is 3. The van der Waals surface area contributed by atoms with Gasteiger partial charge in [-0.05, 0) is 73.2 Å². The highest BCUT2D eigenvalue weighted by molar-refractivity contribution is 8.15. The van der Waals surface area contributed by atoms with Gasteiger partial charge in [-0.25, -0.2) is 14.5 Å². The molecule has 3 aromatic carbocycles. The number of hydrogen-bond acceptors (Lipinski definition) is 6. The number of carbonyl (C=O) groups excluding carboxylic acids is 2. The van der Waals surface area contributed by atoms with Gasteiger partial charge in [-0.3, -0.25) is 9.69 Å². The maximum atomic E-state index is 13.2. The van der Waals surface area contributed by atoms with Crippen molar-refractivity contribution in [1.29, 1.82) is 0 Å². The van der Waals surface area contributed by atoms with Crippen molar-refractivity contribution in [2.45, 2.75) is 58.9 Å². The van der Waals surface area contributed by atoms with Crippen molar-refractivity contribution >= 4 is 34.6 Å². The van der Waals surface area contributed by atoms with Gasteiger partial charge < -0.3 is 10.1 Å². The molecular weight excluding hydrogens is 617 g/mol. The summed E-state index contributed by atoms with van der Waals surface area (Å²) in [5, 5.41) is 7.74. The Balaban J connectivity index is 1.29. The Kier molecular flexibility index (Phi) is 9.24. The molecule has 1 aromatic heterocycles. The third kappa shape index (κ3) is 7.41. The molecule has 3 amide bonds. The van der Waals surface area contributed by atoms with Crippen LogP contribution in [0.15, 0.2) is 78.0 Å². The average molecular weight is 651 g/mol. The van der Waals surface area contributed by atoms with Crippen LogP contribution in [0.5, 0.6) is 5.75 Å². The SMILES string of the molecule is CCc1ccc(C(C)C)c(N2C(=O)CS/C2=N\C(=O)NC(C)(C)c2ccc(-c3ncn(-c4ccc(OC(F)(F)F)cc4)n3)cc2)c1. The Hall–Kier alpha value is -4.65. The molecule has 2 heterocycles. The summed E-state index contributed by atoms with van der Waals surface area (Å²) in [6.45, 7) is 9.89. The predicted molar refractivity (Wildman–Crippen MR) is 172 cm³/mol. The first kappa shape index (κ1) is 32.7. The molecule has 1 fully saturated rings. The van der Waals surface area contributed by atoms with Crippen LogP contribution in [0.2, 0.25) is 0 Å². The molecule has 0 radical (unpaired) electrons. The van der Waals surface area contributed by atoms with Crippen LogP contribution in [-0.2, 0) is 16.8 Å². The molecule has 0 aliphatic carbocycles. The smallest absolute Gasteiger partial charge is 0.406 e. The Bertz CT molecular complexity index is 1770. The van der Waals surface area contributed by atoms with Gasteiger partial charge in [-0.15, -0.1) is 18.3 Å². The molecule has 240 valence electrons. The molecule has 0 atom stereocenters. The van der Waals surface area contributed by atoms with E-state index in [0.717, 1.165) is 28.8 Å². The van der Waals surface area contributed by atoms with Gasteiger partial charge in [0.15, 0.2) is 11.0 Å². The highest BCUT2D eigenvalue weighted by Gasteiger charge is 2.34. The summed E-state index contributed by atoms with van der Waals surface area (Å²) < 4.78 is 42.7. The molecule has 1 N–H and O–H groups in total. The summed E-state index contributed by atoms with van der Waals surface area (Å²) in [6, 6.07) is 18.1. The van der Waals surface area contributed by atoms with Gasteiger partial charge in [0.2, 0.25) is 5.91 Å². The zero-order chi connectivity index (χ0) is 33.2. The van der Waals surface area contributed by atoms with Crippen molar-refractivity contribution in [3.8, 4) is 22.8 Å². The second-order valence-electron chi connectivity index (χ2n) is 11.5. The number of thioether (sulfide) groups is 1. The first-order valence-corrected chi connectivity index (χ1v) is 15.6. The number of amidine groups is 1. The number of ether oxygens (including phenoxy) is 1. The minimum Gasteiger partial charge on any atom is -0.406 e. The quantitative estimate of drug-likeness (QED) is 0.211. The van der Waals surface area contributed by atoms with E-state index in [9.17, 15) is 22.8 Å². The molecule has 0 unspecified atom stereocenters. The number of anilines is 1. The van der Waals surface area contributed by atoms with Crippen LogP contribution in [0.3, 0.4) is 0 Å². The van der Waals surface area contributed by atoms with Crippen LogP contribution >= 0.6 is 11.8 Å². The Labute approximate surface area is 268 Å². The number of alkyl halides is 3. The molecule has 13 heteroatoms. The fourth-order valence-electron chi connectivity index (χ4n) is 4.98. The first-order chi connectivity index (χ1) is 21.7. The van der Waals surface area contributed by atoms with Crippen molar-refractivity contribution in [1.82, 2.24) is 20.1 Å². The fraction of sp³-hybridized carbons (Fsp3) is 0.303. The number of rotatable bonds is 8. The van der Waals surface area contributed by atoms with Crippen LogP contribution in [0.25, 0.3) is 17.1 Å². The molecule has 5 rings (SSSR count). The topological polar surface area (TPSA) is 102 Å². The molecule has 1 aliphatic heterocycles. The standard InChI is InChI=1S/C33H33F3N6O3S/c1-6-21-7-16-26(20(2)3)27(17-21)42-28(43)18-46-31(42)38-30(44)39-32(4,5)23-10-8-22(9-11-23)29-37-19-41(40-29)24-12-14-25(15-13-24)45-33(34,35)36/h7-17,19-20H,6,18H2,1-5H3,(H,39,44)/b38-31-. The zero-order valence-electron chi connectivity index (χ0n) is 25.9. The van der Waals surface area contributed by atoms with Gasteiger partial charge in [0.25, 0.3) is 0 Å². The number of halogens is 3. The minimum atomic E-state index is -4.77. The maximum absolute atomic E-state index is 13.2. The van der Waals surface area contributed by atoms with Crippen LogP contribution in [0, 0.1) is 0 Å². The summed E-state index contributed by atoms with van der Waals surface area (Å²) in [7, 11) is 0. The number of amides is 3. The van der Waals surface area contributed by atoms with Crippen molar-refractivity contribution in [2.24, 2.45) is 4.99 Å². The number of carbonyl (C=O) groups is 2. The number of aliphatic imine (C=N–C) groups is 1. The first-order valence-electron chi connectivity index (χ1n) is 14.6. The normalized spacial score (nSPS) is 14.8. The third-order valence-corrected chi connectivity index (χ3v) is 8.36. The molecular formula is C33H33F3N6O3S. The molecule has 0 bridgehead atoms. The van der Waals surface area contributed by atoms with Gasteiger partial charge in [0.1, 0.15) is 12.1 Å². The van der Waals surface area contributed by atoms with Crippen molar-refractivity contribution in [3.63, 3.8) is 0 Å². The van der Waals surface area contributed by atoms with Gasteiger partial charge in [-0.1, -0.05) is 68.9 Å². The second-order valence-corrected chi connectivity index (χ2v) is 12.4. The molecule has 1 aliphatic rings. The van der Waals surface area contributed by atoms with Crippen molar-refractivity contribution in [2.75, 3.05) is 10.7 Å². The molecule has 1 saturated heterocycles. The lowest BCUT2D eigenvalue weighted by Gasteiger charge is -2.26. The van der Waals surface area contributed by atoms with E-state index in [1.54, 1.807) is 4.90 Å². The monoisotopic (exact) mass is 650 g/mol. The van der Waals surface area contributed by atoms with E-state index in [1.807, 2.05) is 50.2 Å². The number of urea groups is 1. The maximum Gasteiger partial charge on any atom is 0.573 e. The number of aromatic nitrogens is 3. The number of aryl methyl sites for hydroxylation is 1. The van der Waals surface area contributed by atoms with E-state index < -0.39 is 17.9 Å². The fourth-order valence-corrected chi connectivity index (χ4v) is 5.84. The highest BCUT2D eigenvalue weighted by atomic mass is 32.2. The number of nitrogens with zero attached hydrogens (tertiary/aromatic N) is 5. The van der Waals surface area contributed by atoms with Gasteiger partial charge in [0.05, 0.1) is 22.7 Å². The summed E-state index contributed by atoms with van der Waals surface area (Å²) in [6.07, 6.45) is -2.49. The lowest BCUT2D eigenvalue weighted by molar-refractivity contribution is -0.274. The van der Waals surface area contributed by atoms with E-state index in [4.69, 9.17) is 0 Å². The summed E-state index contributed by atoms with van der Waals surface area (Å²) >= 11 is 1.24. The van der Waals surface area contributed by atoms with Crippen LogP contribution < -0.4 is 15.0 Å². The summed E-state index contributed by atoms with van der Waals surface area (Å²) in [5.41, 5.74) is 4.06. The number of hydrogen-bond donors (Lipinski definition) is 1. The summed E-state index contributed by atoms with van der Waals surface area (Å²) in [5.74, 6) is 0.333. The molecule has 0 saturated carbocycles.